The van der Waals surface area contributed by atoms with E-state index in [9.17, 15) is 27.6 Å². The monoisotopic (exact) mass is 538 g/mol. The number of fused-ring (bicyclic) bond motifs is 2. The maximum absolute atomic E-state index is 12.4. The fourth-order valence-corrected chi connectivity index (χ4v) is 5.42. The third kappa shape index (κ3) is 7.62. The summed E-state index contributed by atoms with van der Waals surface area (Å²) in [5.41, 5.74) is 0.617. The number of likely N-dealkylation sites (N-methyl/N-ethyl adjacent to an activating group) is 1. The summed E-state index contributed by atoms with van der Waals surface area (Å²) in [5, 5.41) is 2.79. The number of hydrogen-bond acceptors (Lipinski definition) is 6. The smallest absolute Gasteiger partial charge is 0.443 e. The molecule has 9 nitrogen and oxygen atoms in total. The van der Waals surface area contributed by atoms with Crippen molar-refractivity contribution in [2.24, 2.45) is 11.8 Å². The number of ether oxygens (including phenoxy) is 2. The largest absolute Gasteiger partial charge is 0.573 e. The van der Waals surface area contributed by atoms with Crippen molar-refractivity contribution in [1.82, 2.24) is 20.0 Å². The molecular formula is C26H33F3N4O5. The molecule has 0 spiro atoms. The Morgan fingerprint density at radius 2 is 1.71 bits per heavy atom. The number of amides is 3. The Hall–Kier alpha value is -3.28. The van der Waals surface area contributed by atoms with E-state index < -0.39 is 6.36 Å². The number of carbonyl (C=O) groups is 3. The fourth-order valence-electron chi connectivity index (χ4n) is 5.42. The SMILES string of the molecule is CN1CCC2NC(=O)OC2C1.O=CN1CC2CCN(C(=O)/C=C/c3ccc(OC(F)(F)F)cc3)CCC2C1. The van der Waals surface area contributed by atoms with Gasteiger partial charge in [0, 0.05) is 45.3 Å². The van der Waals surface area contributed by atoms with E-state index in [0.29, 0.717) is 30.5 Å². The highest BCUT2D eigenvalue weighted by atomic mass is 19.4. The average molecular weight is 539 g/mol. The lowest BCUT2D eigenvalue weighted by atomic mass is 9.92. The number of hydrogen-bond donors (Lipinski definition) is 1. The van der Waals surface area contributed by atoms with Crippen molar-refractivity contribution in [3.05, 3.63) is 35.9 Å². The van der Waals surface area contributed by atoms with E-state index in [2.05, 4.69) is 15.0 Å². The number of nitrogens with zero attached hydrogens (tertiary/aromatic N) is 3. The van der Waals surface area contributed by atoms with E-state index in [1.165, 1.54) is 30.3 Å². The van der Waals surface area contributed by atoms with Crippen molar-refractivity contribution in [2.45, 2.75) is 37.8 Å². The molecule has 0 saturated carbocycles. The Morgan fingerprint density at radius 3 is 2.32 bits per heavy atom. The summed E-state index contributed by atoms with van der Waals surface area (Å²) in [4.78, 5) is 39.9. The van der Waals surface area contributed by atoms with Gasteiger partial charge < -0.3 is 29.5 Å². The molecule has 5 rings (SSSR count). The number of alkyl carbamates (subject to hydrolysis) is 1. The standard InChI is InChI=1S/C19H21F3N2O3.C7H12N2O2/c20-19(21,22)27-17-4-1-14(2-5-17)3-6-18(26)24-9-7-15-11-23(13-25)12-16(15)8-10-24;1-9-3-2-5-6(4-9)11-7(10)8-5/h1-6,13,15-16H,7-12H2;5-6H,2-4H2,1H3,(H,8,10)/b6-3+;. The topological polar surface area (TPSA) is 91.4 Å². The van der Waals surface area contributed by atoms with Crippen LogP contribution in [0.1, 0.15) is 24.8 Å². The van der Waals surface area contributed by atoms with Crippen molar-refractivity contribution in [1.29, 1.82) is 0 Å². The van der Waals surface area contributed by atoms with Gasteiger partial charge in [0.1, 0.15) is 11.9 Å². The summed E-state index contributed by atoms with van der Waals surface area (Å²) < 4.78 is 45.3. The molecule has 4 aliphatic rings. The lowest BCUT2D eigenvalue weighted by Crippen LogP contribution is -2.46. The molecule has 4 aliphatic heterocycles. The van der Waals surface area contributed by atoms with Gasteiger partial charge in [-0.25, -0.2) is 4.79 Å². The number of nitrogens with one attached hydrogen (secondary N) is 1. The second kappa shape index (κ2) is 12.1. The van der Waals surface area contributed by atoms with Crippen LogP contribution < -0.4 is 10.1 Å². The molecule has 4 unspecified atom stereocenters. The molecule has 4 fully saturated rings. The average Bonchev–Trinajstić information content (AvgIpc) is 3.38. The van der Waals surface area contributed by atoms with Crippen molar-refractivity contribution < 1.29 is 37.0 Å². The predicted octanol–water partition coefficient (Wildman–Crippen LogP) is 2.72. The van der Waals surface area contributed by atoms with E-state index in [4.69, 9.17) is 4.74 Å². The molecule has 3 amide bonds. The van der Waals surface area contributed by atoms with Gasteiger partial charge in [0.25, 0.3) is 0 Å². The second-order valence-corrected chi connectivity index (χ2v) is 10.2. The zero-order valence-corrected chi connectivity index (χ0v) is 21.2. The van der Waals surface area contributed by atoms with Gasteiger partial charge >= 0.3 is 12.5 Å². The second-order valence-electron chi connectivity index (χ2n) is 10.2. The van der Waals surface area contributed by atoms with Crippen LogP contribution in [0.15, 0.2) is 30.3 Å². The van der Waals surface area contributed by atoms with Gasteiger partial charge in [0.15, 0.2) is 0 Å². The van der Waals surface area contributed by atoms with Gasteiger partial charge in [-0.15, -0.1) is 13.2 Å². The molecule has 0 bridgehead atoms. The van der Waals surface area contributed by atoms with Crippen molar-refractivity contribution in [3.63, 3.8) is 0 Å². The number of likely N-dealkylation sites (tertiary alicyclic amines) is 3. The van der Waals surface area contributed by atoms with Gasteiger partial charge in [-0.3, -0.25) is 9.59 Å². The molecular weight excluding hydrogens is 505 g/mol. The Bertz CT molecular complexity index is 1000. The minimum Gasteiger partial charge on any atom is -0.443 e. The Balaban J connectivity index is 0.000000253. The number of rotatable bonds is 4. The number of halogens is 3. The first-order valence-corrected chi connectivity index (χ1v) is 12.8. The van der Waals surface area contributed by atoms with Crippen molar-refractivity contribution >= 4 is 24.5 Å². The zero-order chi connectivity index (χ0) is 27.3. The van der Waals surface area contributed by atoms with Crippen LogP contribution in [0.25, 0.3) is 6.08 Å². The van der Waals surface area contributed by atoms with Crippen LogP contribution in [0.4, 0.5) is 18.0 Å². The third-order valence-corrected chi connectivity index (χ3v) is 7.46. The normalized spacial score (nSPS) is 27.4. The van der Waals surface area contributed by atoms with E-state index in [1.807, 2.05) is 7.05 Å². The summed E-state index contributed by atoms with van der Waals surface area (Å²) in [7, 11) is 2.04. The van der Waals surface area contributed by atoms with E-state index in [0.717, 1.165) is 51.9 Å². The van der Waals surface area contributed by atoms with E-state index >= 15 is 0 Å². The van der Waals surface area contributed by atoms with Crippen molar-refractivity contribution in [3.8, 4) is 5.75 Å². The summed E-state index contributed by atoms with van der Waals surface area (Å²) in [6, 6.07) is 5.61. The third-order valence-electron chi connectivity index (χ3n) is 7.46. The number of carbonyl (C=O) groups excluding carboxylic acids is 3. The van der Waals surface area contributed by atoms with Crippen LogP contribution in [0.5, 0.6) is 5.75 Å². The summed E-state index contributed by atoms with van der Waals surface area (Å²) in [5.74, 6) is 0.476. The van der Waals surface area contributed by atoms with Crippen LogP contribution in [0.2, 0.25) is 0 Å². The molecule has 0 aromatic heterocycles. The first kappa shape index (κ1) is 27.7. The highest BCUT2D eigenvalue weighted by molar-refractivity contribution is 5.91. The van der Waals surface area contributed by atoms with Gasteiger partial charge in [0.2, 0.25) is 12.3 Å². The number of alkyl halides is 3. The van der Waals surface area contributed by atoms with Gasteiger partial charge in [-0.1, -0.05) is 12.1 Å². The van der Waals surface area contributed by atoms with E-state index in [1.54, 1.807) is 15.9 Å². The first-order chi connectivity index (χ1) is 18.1. The van der Waals surface area contributed by atoms with Crippen LogP contribution in [-0.2, 0) is 14.3 Å². The first-order valence-electron chi connectivity index (χ1n) is 12.8. The zero-order valence-electron chi connectivity index (χ0n) is 21.2. The molecule has 1 aromatic rings. The van der Waals surface area contributed by atoms with Crippen molar-refractivity contribution in [2.75, 3.05) is 46.3 Å². The van der Waals surface area contributed by atoms with Gasteiger partial charge in [-0.05, 0) is 61.9 Å². The molecule has 38 heavy (non-hydrogen) atoms. The fraction of sp³-hybridized carbons (Fsp3) is 0.577. The lowest BCUT2D eigenvalue weighted by Gasteiger charge is -2.29. The molecule has 0 radical (unpaired) electrons. The molecule has 208 valence electrons. The van der Waals surface area contributed by atoms with Crippen LogP contribution in [-0.4, -0.2) is 97.9 Å². The van der Waals surface area contributed by atoms with Crippen LogP contribution >= 0.6 is 0 Å². The minimum atomic E-state index is -4.72. The summed E-state index contributed by atoms with van der Waals surface area (Å²) in [6.45, 7) is 4.73. The highest BCUT2D eigenvalue weighted by Gasteiger charge is 2.37. The van der Waals surface area contributed by atoms with E-state index in [-0.39, 0.29) is 29.9 Å². The highest BCUT2D eigenvalue weighted by Crippen LogP contribution is 2.31. The molecule has 1 N–H and O–H groups in total. The molecule has 0 aliphatic carbocycles. The Kier molecular flexibility index (Phi) is 8.80. The molecule has 12 heteroatoms. The quantitative estimate of drug-likeness (QED) is 0.469. The Labute approximate surface area is 219 Å². The molecule has 1 aromatic carbocycles. The maximum atomic E-state index is 12.4. The summed E-state index contributed by atoms with van der Waals surface area (Å²) in [6.07, 6.45) is 1.78. The number of benzene rings is 1. The van der Waals surface area contributed by atoms with Crippen LogP contribution in [0, 0.1) is 11.8 Å². The molecule has 4 saturated heterocycles. The van der Waals surface area contributed by atoms with Crippen LogP contribution in [0.3, 0.4) is 0 Å². The molecule has 4 atom stereocenters. The number of piperidine rings is 1. The van der Waals surface area contributed by atoms with Gasteiger partial charge in [0.05, 0.1) is 6.04 Å². The summed E-state index contributed by atoms with van der Waals surface area (Å²) >= 11 is 0. The predicted molar refractivity (Wildman–Crippen MR) is 132 cm³/mol. The van der Waals surface area contributed by atoms with Gasteiger partial charge in [-0.2, -0.15) is 0 Å². The maximum Gasteiger partial charge on any atom is 0.573 e. The lowest BCUT2D eigenvalue weighted by molar-refractivity contribution is -0.274. The minimum absolute atomic E-state index is 0.0845. The molecule has 4 heterocycles. The Morgan fingerprint density at radius 1 is 1.05 bits per heavy atom.